The first-order valence-corrected chi connectivity index (χ1v) is 16.7. The minimum absolute atomic E-state index is 1.20. The van der Waals surface area contributed by atoms with Crippen LogP contribution >= 0.6 is 0 Å². The van der Waals surface area contributed by atoms with Crippen molar-refractivity contribution >= 4 is 0 Å². The molecule has 0 aromatic rings. The van der Waals surface area contributed by atoms with Gasteiger partial charge < -0.3 is 0 Å². The van der Waals surface area contributed by atoms with E-state index in [9.17, 15) is 0 Å². The SMILES string of the molecule is CCCC[C]12[CH]3[CH]4[CH]5[C]1(CCCC)[Cr]43521678[CH]2[CH]1[CH]6[CH]7[CH]28. The summed E-state index contributed by atoms with van der Waals surface area (Å²) in [6, 6.07) is 0. The summed E-state index contributed by atoms with van der Waals surface area (Å²) in [6.45, 7) is 1.85. The average Bonchev–Trinajstić information content (AvgIpc) is 3.36. The maximum absolute atomic E-state index is 3.05. The van der Waals surface area contributed by atoms with Gasteiger partial charge in [0, 0.05) is 0 Å². The fourth-order valence-corrected chi connectivity index (χ4v) is 118. The van der Waals surface area contributed by atoms with E-state index in [2.05, 4.69) is 13.8 Å². The van der Waals surface area contributed by atoms with Crippen LogP contribution in [0.2, 0.25) is 46.8 Å². The maximum atomic E-state index is 2.45. The molecule has 4 atom stereocenters. The van der Waals surface area contributed by atoms with Crippen molar-refractivity contribution in [2.45, 2.75) is 99.2 Å². The second kappa shape index (κ2) is 0.744. The molecule has 0 aromatic heterocycles. The fraction of sp³-hybridized carbons (Fsp3) is 1.00. The molecule has 1 spiro atoms. The van der Waals surface area contributed by atoms with Gasteiger partial charge in [-0.15, -0.1) is 0 Å². The molecule has 10 aliphatic rings. The Morgan fingerprint density at radius 3 is 1.37 bits per heavy atom. The molecule has 0 bridgehead atoms. The number of fused-ring (bicyclic) bond motifs is 10. The second-order valence-corrected chi connectivity index (χ2v) is 40.5. The Morgan fingerprint density at radius 1 is 0.684 bits per heavy atom. The summed E-state index contributed by atoms with van der Waals surface area (Å²) in [5.41, 5.74) is 0. The van der Waals surface area contributed by atoms with Crippen LogP contribution in [0, 0.1) is 0 Å². The van der Waals surface area contributed by atoms with E-state index < -0.39 is 6.65 Å². The van der Waals surface area contributed by atoms with Crippen molar-refractivity contribution in [3.63, 3.8) is 0 Å². The molecule has 10 saturated heterocycles. The van der Waals surface area contributed by atoms with Gasteiger partial charge in [-0.1, -0.05) is 0 Å². The predicted octanol–water partition coefficient (Wildman–Crippen LogP) is 6.50. The molecule has 10 fully saturated rings. The Bertz CT molecular complexity index is 903. The number of rotatable bonds is 6. The molecule has 0 N–H and O–H groups in total. The molecular formula is C18H26Cr. The molecule has 104 valence electrons. The van der Waals surface area contributed by atoms with Gasteiger partial charge in [0.2, 0.25) is 0 Å². The zero-order chi connectivity index (χ0) is 12.2. The normalized spacial score (nSPS) is 112. The molecule has 10 rings (SSSR count). The third kappa shape index (κ3) is 0.0898. The Hall–Kier alpha value is 0.532. The van der Waals surface area contributed by atoms with E-state index in [0.717, 1.165) is 0 Å². The molecule has 19 heavy (non-hydrogen) atoms. The van der Waals surface area contributed by atoms with Gasteiger partial charge in [-0.05, 0) is 0 Å². The van der Waals surface area contributed by atoms with Crippen LogP contribution in [0.25, 0.3) is 0 Å². The molecule has 10 aliphatic heterocycles. The van der Waals surface area contributed by atoms with Gasteiger partial charge in [0.05, 0.1) is 0 Å². The van der Waals surface area contributed by atoms with Crippen molar-refractivity contribution in [3.8, 4) is 0 Å². The molecule has 0 aliphatic carbocycles. The summed E-state index contributed by atoms with van der Waals surface area (Å²) < 4.78 is 14.8. The van der Waals surface area contributed by atoms with E-state index in [1.165, 1.54) is 21.4 Å². The number of unbranched alkanes of at least 4 members (excludes halogenated alkanes) is 2. The zero-order valence-corrected chi connectivity index (χ0v) is 13.5. The Balaban J connectivity index is 1.43. The molecule has 0 saturated carbocycles. The van der Waals surface area contributed by atoms with Crippen LogP contribution in [0.15, 0.2) is 0 Å². The van der Waals surface area contributed by atoms with Crippen molar-refractivity contribution in [3.05, 3.63) is 0 Å². The summed E-state index contributed by atoms with van der Waals surface area (Å²) in [5, 5.41) is 0. The average molecular weight is 294 g/mol. The van der Waals surface area contributed by atoms with Crippen molar-refractivity contribution in [2.24, 2.45) is 0 Å². The Kier molecular flexibility index (Phi) is 0.322. The Labute approximate surface area is 106 Å². The summed E-state index contributed by atoms with van der Waals surface area (Å²) in [7, 11) is 0. The zero-order valence-electron chi connectivity index (χ0n) is 12.3. The third-order valence-electron chi connectivity index (χ3n) is 19.5. The van der Waals surface area contributed by atoms with Crippen LogP contribution < -0.4 is 0 Å². The first-order chi connectivity index (χ1) is 9.06. The quantitative estimate of drug-likeness (QED) is 0.524. The topological polar surface area (TPSA) is 0 Å². The van der Waals surface area contributed by atoms with Crippen molar-refractivity contribution in [1.82, 2.24) is 0 Å². The molecule has 10 heterocycles. The van der Waals surface area contributed by atoms with Gasteiger partial charge >= 0.3 is 106 Å². The second-order valence-electron chi connectivity index (χ2n) is 13.4. The molecule has 1 heteroatoms. The van der Waals surface area contributed by atoms with Crippen molar-refractivity contribution in [2.75, 3.05) is 0 Å². The summed E-state index contributed by atoms with van der Waals surface area (Å²) >= 11 is 0. The van der Waals surface area contributed by atoms with E-state index in [-0.39, 0.29) is 0 Å². The van der Waals surface area contributed by atoms with Crippen LogP contribution in [-0.4, -0.2) is 0 Å². The summed E-state index contributed by atoms with van der Waals surface area (Å²) in [5.74, 6) is 0. The van der Waals surface area contributed by atoms with Crippen LogP contribution in [0.4, 0.5) is 0 Å². The molecule has 0 aromatic carbocycles. The predicted molar refractivity (Wildman–Crippen MR) is 74.4 cm³/mol. The monoisotopic (exact) mass is 294 g/mol. The van der Waals surface area contributed by atoms with E-state index in [4.69, 9.17) is 0 Å². The van der Waals surface area contributed by atoms with E-state index in [1.807, 2.05) is 0 Å². The molecule has 0 amide bonds. The van der Waals surface area contributed by atoms with Crippen LogP contribution in [-0.2, 0) is 6.65 Å². The van der Waals surface area contributed by atoms with Gasteiger partial charge in [0.25, 0.3) is 0 Å². The number of hydrogen-bond acceptors (Lipinski definition) is 0. The third-order valence-corrected chi connectivity index (χ3v) is 70.5. The van der Waals surface area contributed by atoms with Gasteiger partial charge in [-0.3, -0.25) is 0 Å². The Morgan fingerprint density at radius 2 is 1.11 bits per heavy atom. The van der Waals surface area contributed by atoms with Crippen LogP contribution in [0.1, 0.15) is 52.4 Å². The van der Waals surface area contributed by atoms with Gasteiger partial charge in [0.1, 0.15) is 0 Å². The van der Waals surface area contributed by atoms with E-state index in [1.54, 1.807) is 63.9 Å². The van der Waals surface area contributed by atoms with Gasteiger partial charge in [0.15, 0.2) is 0 Å². The minimum atomic E-state index is -3.05. The van der Waals surface area contributed by atoms with Crippen LogP contribution in [0.3, 0.4) is 0 Å². The van der Waals surface area contributed by atoms with Crippen molar-refractivity contribution in [1.29, 1.82) is 0 Å². The van der Waals surface area contributed by atoms with E-state index >= 15 is 0 Å². The molecule has 0 radical (unpaired) electrons. The molecule has 4 unspecified atom stereocenters. The van der Waals surface area contributed by atoms with E-state index in [0.29, 0.717) is 0 Å². The molecule has 0 nitrogen and oxygen atoms in total. The van der Waals surface area contributed by atoms with Crippen LogP contribution in [0.5, 0.6) is 0 Å². The standard InChI is InChI=1S/C13H21.C5H5.Cr/c1-3-5-8-12-10-7-11-13(12)9-6-4-2;1-2-4-5-3-1;/h7,10-11H,3-6,8-9H2,1-2H3;1-5H;. The fourth-order valence-electron chi connectivity index (χ4n) is 22.9. The summed E-state index contributed by atoms with van der Waals surface area (Å²) in [6.07, 6.45) is 9.76. The first kappa shape index (κ1) is 8.24. The number of hydrogen-bond donors (Lipinski definition) is 0. The molecular weight excluding hydrogens is 268 g/mol. The van der Waals surface area contributed by atoms with Gasteiger partial charge in [-0.25, -0.2) is 0 Å². The van der Waals surface area contributed by atoms with Crippen molar-refractivity contribution < 1.29 is 6.65 Å². The van der Waals surface area contributed by atoms with Gasteiger partial charge in [-0.2, -0.15) is 0 Å². The summed E-state index contributed by atoms with van der Waals surface area (Å²) in [4.78, 5) is 0. The first-order valence-electron chi connectivity index (χ1n) is 9.58.